The molecule has 0 spiro atoms. The number of carbonyl (C=O) groups is 1. The minimum absolute atomic E-state index is 0.0398. The Morgan fingerprint density at radius 3 is 3.09 bits per heavy atom. The summed E-state index contributed by atoms with van der Waals surface area (Å²) in [7, 11) is 5.53. The molecule has 0 aromatic carbocycles. The fourth-order valence-corrected chi connectivity index (χ4v) is 3.05. The number of hydrogen-bond donors (Lipinski definition) is 1. The van der Waals surface area contributed by atoms with Gasteiger partial charge in [0.25, 0.3) is 0 Å². The lowest BCUT2D eigenvalue weighted by Crippen LogP contribution is -2.45. The SMILES string of the molecule is COCCN1CCC[C@@H](CN(C)C(=O)NCc2nccn2C)C1. The summed E-state index contributed by atoms with van der Waals surface area (Å²) in [5, 5.41) is 2.93. The predicted octanol–water partition coefficient (Wildman–Crippen LogP) is 0.920. The van der Waals surface area contributed by atoms with Crippen LogP contribution in [0.2, 0.25) is 0 Å². The lowest BCUT2D eigenvalue weighted by atomic mass is 9.97. The number of nitrogens with one attached hydrogen (secondary N) is 1. The number of carbonyl (C=O) groups excluding carboxylic acids is 1. The highest BCUT2D eigenvalue weighted by molar-refractivity contribution is 5.73. The van der Waals surface area contributed by atoms with E-state index in [-0.39, 0.29) is 6.03 Å². The molecule has 0 bridgehead atoms. The Morgan fingerprint density at radius 1 is 1.57 bits per heavy atom. The van der Waals surface area contributed by atoms with Gasteiger partial charge in [-0.05, 0) is 25.3 Å². The highest BCUT2D eigenvalue weighted by Gasteiger charge is 2.22. The summed E-state index contributed by atoms with van der Waals surface area (Å²) < 4.78 is 7.06. The summed E-state index contributed by atoms with van der Waals surface area (Å²) in [5.74, 6) is 1.39. The van der Waals surface area contributed by atoms with Crippen molar-refractivity contribution in [3.8, 4) is 0 Å². The van der Waals surface area contributed by atoms with Gasteiger partial charge in [0.15, 0.2) is 0 Å². The van der Waals surface area contributed by atoms with E-state index in [1.165, 1.54) is 12.8 Å². The minimum Gasteiger partial charge on any atom is -0.383 e. The van der Waals surface area contributed by atoms with Crippen LogP contribution in [-0.2, 0) is 18.3 Å². The van der Waals surface area contributed by atoms with Gasteiger partial charge in [0.1, 0.15) is 5.82 Å². The van der Waals surface area contributed by atoms with Gasteiger partial charge in [-0.1, -0.05) is 0 Å². The summed E-state index contributed by atoms with van der Waals surface area (Å²) in [4.78, 5) is 20.6. The van der Waals surface area contributed by atoms with Crippen molar-refractivity contribution in [2.45, 2.75) is 19.4 Å². The zero-order valence-electron chi connectivity index (χ0n) is 14.5. The van der Waals surface area contributed by atoms with Gasteiger partial charge in [-0.25, -0.2) is 9.78 Å². The van der Waals surface area contributed by atoms with Crippen LogP contribution in [0.4, 0.5) is 4.79 Å². The molecule has 1 saturated heterocycles. The Morgan fingerprint density at radius 2 is 2.39 bits per heavy atom. The Labute approximate surface area is 138 Å². The first-order valence-corrected chi connectivity index (χ1v) is 8.26. The number of methoxy groups -OCH3 is 1. The number of aryl methyl sites for hydroxylation is 1. The molecule has 23 heavy (non-hydrogen) atoms. The first-order chi connectivity index (χ1) is 11.1. The monoisotopic (exact) mass is 323 g/mol. The third-order valence-corrected chi connectivity index (χ3v) is 4.41. The van der Waals surface area contributed by atoms with Gasteiger partial charge in [-0.3, -0.25) is 0 Å². The summed E-state index contributed by atoms with van der Waals surface area (Å²) in [6, 6.07) is -0.0398. The van der Waals surface area contributed by atoms with Crippen molar-refractivity contribution < 1.29 is 9.53 Å². The summed E-state index contributed by atoms with van der Waals surface area (Å²) in [6.45, 7) is 5.16. The molecular weight excluding hydrogens is 294 g/mol. The van der Waals surface area contributed by atoms with E-state index >= 15 is 0 Å². The molecule has 1 atom stereocenters. The first kappa shape index (κ1) is 17.7. The number of aromatic nitrogens is 2. The number of nitrogens with zero attached hydrogens (tertiary/aromatic N) is 4. The second-order valence-electron chi connectivity index (χ2n) is 6.30. The van der Waals surface area contributed by atoms with Gasteiger partial charge >= 0.3 is 6.03 Å². The lowest BCUT2D eigenvalue weighted by molar-refractivity contribution is 0.105. The molecule has 2 rings (SSSR count). The normalized spacial score (nSPS) is 18.8. The third-order valence-electron chi connectivity index (χ3n) is 4.41. The van der Waals surface area contributed by atoms with Crippen molar-refractivity contribution in [3.63, 3.8) is 0 Å². The molecule has 1 aromatic rings. The van der Waals surface area contributed by atoms with Gasteiger partial charge in [0, 0.05) is 53.2 Å². The number of piperidine rings is 1. The third kappa shape index (κ3) is 5.51. The zero-order valence-corrected chi connectivity index (χ0v) is 14.5. The highest BCUT2D eigenvalue weighted by atomic mass is 16.5. The zero-order chi connectivity index (χ0) is 16.7. The van der Waals surface area contributed by atoms with E-state index in [1.54, 1.807) is 18.2 Å². The van der Waals surface area contributed by atoms with Crippen molar-refractivity contribution >= 4 is 6.03 Å². The van der Waals surface area contributed by atoms with Gasteiger partial charge in [0.05, 0.1) is 13.2 Å². The summed E-state index contributed by atoms with van der Waals surface area (Å²) in [5.41, 5.74) is 0. The number of likely N-dealkylation sites (tertiary alicyclic amines) is 1. The molecule has 2 heterocycles. The van der Waals surface area contributed by atoms with E-state index in [0.29, 0.717) is 12.5 Å². The number of rotatable bonds is 7. The first-order valence-electron chi connectivity index (χ1n) is 8.26. The number of amides is 2. The molecule has 0 saturated carbocycles. The average Bonchev–Trinajstić information content (AvgIpc) is 2.96. The summed E-state index contributed by atoms with van der Waals surface area (Å²) in [6.07, 6.45) is 5.99. The highest BCUT2D eigenvalue weighted by Crippen LogP contribution is 2.17. The Balaban J connectivity index is 1.73. The largest absolute Gasteiger partial charge is 0.383 e. The number of hydrogen-bond acceptors (Lipinski definition) is 4. The molecule has 130 valence electrons. The predicted molar refractivity (Wildman–Crippen MR) is 89.1 cm³/mol. The second kappa shape index (κ2) is 8.88. The maximum atomic E-state index is 12.2. The van der Waals surface area contributed by atoms with Crippen molar-refractivity contribution in [2.75, 3.05) is 46.9 Å². The van der Waals surface area contributed by atoms with E-state index in [2.05, 4.69) is 15.2 Å². The van der Waals surface area contributed by atoms with Gasteiger partial charge in [-0.2, -0.15) is 0 Å². The molecule has 2 amide bonds. The van der Waals surface area contributed by atoms with Crippen LogP contribution >= 0.6 is 0 Å². The molecule has 0 unspecified atom stereocenters. The molecule has 1 aliphatic heterocycles. The maximum absolute atomic E-state index is 12.2. The van der Waals surface area contributed by atoms with Crippen LogP contribution in [0.3, 0.4) is 0 Å². The molecule has 0 radical (unpaired) electrons. The van der Waals surface area contributed by atoms with E-state index in [9.17, 15) is 4.79 Å². The Kier molecular flexibility index (Phi) is 6.85. The molecule has 7 nitrogen and oxygen atoms in total. The fourth-order valence-electron chi connectivity index (χ4n) is 3.05. The van der Waals surface area contributed by atoms with Crippen LogP contribution in [0.1, 0.15) is 18.7 Å². The number of imidazole rings is 1. The van der Waals surface area contributed by atoms with Gasteiger partial charge in [-0.15, -0.1) is 0 Å². The van der Waals surface area contributed by atoms with E-state index in [4.69, 9.17) is 4.74 Å². The van der Waals surface area contributed by atoms with E-state index < -0.39 is 0 Å². The van der Waals surface area contributed by atoms with Crippen LogP contribution < -0.4 is 5.32 Å². The van der Waals surface area contributed by atoms with E-state index in [0.717, 1.165) is 38.6 Å². The molecule has 7 heteroatoms. The van der Waals surface area contributed by atoms with Crippen LogP contribution in [0.5, 0.6) is 0 Å². The van der Waals surface area contributed by atoms with Crippen LogP contribution in [0.25, 0.3) is 0 Å². The second-order valence-corrected chi connectivity index (χ2v) is 6.30. The number of urea groups is 1. The molecule has 1 N–H and O–H groups in total. The smallest absolute Gasteiger partial charge is 0.317 e. The van der Waals surface area contributed by atoms with Crippen molar-refractivity contribution in [3.05, 3.63) is 18.2 Å². The Bertz CT molecular complexity index is 491. The molecule has 0 aliphatic carbocycles. The Hall–Kier alpha value is -1.60. The summed E-state index contributed by atoms with van der Waals surface area (Å²) >= 11 is 0. The van der Waals surface area contributed by atoms with Gasteiger partial charge < -0.3 is 24.4 Å². The topological polar surface area (TPSA) is 62.6 Å². The van der Waals surface area contributed by atoms with Crippen LogP contribution in [-0.4, -0.2) is 72.3 Å². The maximum Gasteiger partial charge on any atom is 0.317 e. The van der Waals surface area contributed by atoms with Crippen molar-refractivity contribution in [1.29, 1.82) is 0 Å². The number of ether oxygens (including phenoxy) is 1. The quantitative estimate of drug-likeness (QED) is 0.810. The molecular formula is C16H29N5O2. The van der Waals surface area contributed by atoms with Crippen LogP contribution in [0.15, 0.2) is 12.4 Å². The van der Waals surface area contributed by atoms with Crippen molar-refractivity contribution in [1.82, 2.24) is 24.7 Å². The lowest BCUT2D eigenvalue weighted by Gasteiger charge is -2.34. The van der Waals surface area contributed by atoms with E-state index in [1.807, 2.05) is 24.9 Å². The molecule has 1 fully saturated rings. The van der Waals surface area contributed by atoms with Crippen molar-refractivity contribution in [2.24, 2.45) is 13.0 Å². The minimum atomic E-state index is -0.0398. The molecule has 1 aliphatic rings. The average molecular weight is 323 g/mol. The van der Waals surface area contributed by atoms with Crippen LogP contribution in [0, 0.1) is 5.92 Å². The standard InChI is InChI=1S/C16H29N5O2/c1-19-8-6-17-15(19)11-18-16(22)20(2)12-14-5-4-7-21(13-14)9-10-23-3/h6,8,14H,4-5,7,9-13H2,1-3H3,(H,18,22)/t14-/m0/s1. The van der Waals surface area contributed by atoms with Gasteiger partial charge in [0.2, 0.25) is 0 Å². The molecule has 1 aromatic heterocycles. The fraction of sp³-hybridized carbons (Fsp3) is 0.750.